The van der Waals surface area contributed by atoms with Gasteiger partial charge in [0.2, 0.25) is 5.91 Å². The highest BCUT2D eigenvalue weighted by atomic mass is 32.2. The topological polar surface area (TPSA) is 125 Å². The highest BCUT2D eigenvalue weighted by molar-refractivity contribution is 7.92. The monoisotopic (exact) mass is 593 g/mol. The Hall–Kier alpha value is -2.89. The van der Waals surface area contributed by atoms with Gasteiger partial charge in [0.1, 0.15) is 17.7 Å². The summed E-state index contributed by atoms with van der Waals surface area (Å²) >= 11 is 0. The SMILES string of the molecule is CCCC(CCC)S(=O)(=O)CC(NC(=O)c1ccccc1)C(=O)N[C@@H](Cc1cc(F)cc(F)c1)[C@H](O)CNC1CC1. The van der Waals surface area contributed by atoms with Gasteiger partial charge in [0.25, 0.3) is 5.91 Å². The quantitative estimate of drug-likeness (QED) is 0.223. The zero-order chi connectivity index (χ0) is 30.0. The molecule has 226 valence electrons. The summed E-state index contributed by atoms with van der Waals surface area (Å²) in [4.78, 5) is 26.7. The summed E-state index contributed by atoms with van der Waals surface area (Å²) in [5.74, 6) is -3.65. The molecule has 1 unspecified atom stereocenters. The van der Waals surface area contributed by atoms with Gasteiger partial charge < -0.3 is 21.1 Å². The first-order valence-electron chi connectivity index (χ1n) is 14.3. The van der Waals surface area contributed by atoms with Crippen molar-refractivity contribution in [2.45, 2.75) is 88.3 Å². The molecule has 0 aliphatic heterocycles. The molecule has 41 heavy (non-hydrogen) atoms. The van der Waals surface area contributed by atoms with Gasteiger partial charge >= 0.3 is 0 Å². The molecule has 4 N–H and O–H groups in total. The fourth-order valence-electron chi connectivity index (χ4n) is 4.80. The first-order valence-corrected chi connectivity index (χ1v) is 16.0. The van der Waals surface area contributed by atoms with Crippen LogP contribution in [0.1, 0.15) is 68.3 Å². The van der Waals surface area contributed by atoms with Crippen molar-refractivity contribution in [3.8, 4) is 0 Å². The number of carbonyl (C=O) groups is 2. The first-order chi connectivity index (χ1) is 19.5. The van der Waals surface area contributed by atoms with Crippen LogP contribution in [0.3, 0.4) is 0 Å². The van der Waals surface area contributed by atoms with Crippen LogP contribution in [0.15, 0.2) is 48.5 Å². The second kappa shape index (κ2) is 15.4. The average molecular weight is 594 g/mol. The zero-order valence-corrected chi connectivity index (χ0v) is 24.4. The fraction of sp³-hybridized carbons (Fsp3) is 0.533. The Morgan fingerprint density at radius 1 is 0.976 bits per heavy atom. The van der Waals surface area contributed by atoms with E-state index < -0.39 is 62.5 Å². The molecule has 8 nitrogen and oxygen atoms in total. The maximum atomic E-state index is 13.9. The smallest absolute Gasteiger partial charge is 0.251 e. The van der Waals surface area contributed by atoms with Crippen LogP contribution in [0.4, 0.5) is 8.78 Å². The fourth-order valence-corrected chi connectivity index (χ4v) is 6.96. The van der Waals surface area contributed by atoms with Crippen molar-refractivity contribution in [1.82, 2.24) is 16.0 Å². The maximum Gasteiger partial charge on any atom is 0.251 e. The third kappa shape index (κ3) is 10.5. The molecule has 3 rings (SSSR count). The van der Waals surface area contributed by atoms with E-state index in [2.05, 4.69) is 16.0 Å². The average Bonchev–Trinajstić information content (AvgIpc) is 3.75. The van der Waals surface area contributed by atoms with E-state index in [4.69, 9.17) is 0 Å². The van der Waals surface area contributed by atoms with E-state index in [9.17, 15) is 31.9 Å². The third-order valence-electron chi connectivity index (χ3n) is 7.15. The second-order valence-corrected chi connectivity index (χ2v) is 13.1. The Balaban J connectivity index is 1.87. The first kappa shape index (κ1) is 32.6. The van der Waals surface area contributed by atoms with Gasteiger partial charge in [-0.1, -0.05) is 44.9 Å². The largest absolute Gasteiger partial charge is 0.390 e. The molecular weight excluding hydrogens is 552 g/mol. The van der Waals surface area contributed by atoms with Gasteiger partial charge in [0, 0.05) is 24.2 Å². The molecule has 1 aliphatic carbocycles. The van der Waals surface area contributed by atoms with Crippen molar-refractivity contribution in [2.75, 3.05) is 12.3 Å². The number of sulfone groups is 1. The molecule has 1 saturated carbocycles. The number of hydrogen-bond donors (Lipinski definition) is 4. The van der Waals surface area contributed by atoms with E-state index >= 15 is 0 Å². The van der Waals surface area contributed by atoms with Crippen LogP contribution in [0.25, 0.3) is 0 Å². The number of benzene rings is 2. The molecule has 2 amide bonds. The molecule has 0 heterocycles. The van der Waals surface area contributed by atoms with Gasteiger partial charge in [-0.2, -0.15) is 0 Å². The van der Waals surface area contributed by atoms with Crippen molar-refractivity contribution in [3.63, 3.8) is 0 Å². The number of carbonyl (C=O) groups excluding carboxylic acids is 2. The van der Waals surface area contributed by atoms with Crippen LogP contribution in [0, 0.1) is 11.6 Å². The van der Waals surface area contributed by atoms with Crippen LogP contribution in [-0.2, 0) is 21.1 Å². The number of aliphatic hydroxyl groups is 1. The van der Waals surface area contributed by atoms with E-state index in [1.807, 2.05) is 13.8 Å². The van der Waals surface area contributed by atoms with E-state index in [-0.39, 0.29) is 30.1 Å². The van der Waals surface area contributed by atoms with Crippen molar-refractivity contribution < 1.29 is 31.9 Å². The summed E-state index contributed by atoms with van der Waals surface area (Å²) in [7, 11) is -3.81. The molecule has 11 heteroatoms. The highest BCUT2D eigenvalue weighted by Crippen LogP contribution is 2.20. The van der Waals surface area contributed by atoms with Crippen molar-refractivity contribution in [1.29, 1.82) is 0 Å². The van der Waals surface area contributed by atoms with Crippen LogP contribution >= 0.6 is 0 Å². The summed E-state index contributed by atoms with van der Waals surface area (Å²) in [5.41, 5.74) is 0.462. The van der Waals surface area contributed by atoms with E-state index in [0.717, 1.165) is 31.0 Å². The number of rotatable bonds is 17. The predicted octanol–water partition coefficient (Wildman–Crippen LogP) is 3.29. The zero-order valence-electron chi connectivity index (χ0n) is 23.6. The number of hydrogen-bond acceptors (Lipinski definition) is 6. The normalized spacial score (nSPS) is 15.8. The summed E-state index contributed by atoms with van der Waals surface area (Å²) in [6.45, 7) is 3.88. The Kier molecular flexibility index (Phi) is 12.2. The Morgan fingerprint density at radius 2 is 1.59 bits per heavy atom. The molecule has 0 spiro atoms. The molecule has 0 saturated heterocycles. The summed E-state index contributed by atoms with van der Waals surface area (Å²) in [6, 6.07) is 8.85. The second-order valence-electron chi connectivity index (χ2n) is 10.8. The molecular formula is C30H41F2N3O5S. The molecule has 0 radical (unpaired) electrons. The lowest BCUT2D eigenvalue weighted by Crippen LogP contribution is -2.57. The molecule has 1 fully saturated rings. The molecule has 2 aromatic rings. The minimum absolute atomic E-state index is 0.113. The third-order valence-corrected chi connectivity index (χ3v) is 9.43. The lowest BCUT2D eigenvalue weighted by atomic mass is 10.00. The van der Waals surface area contributed by atoms with Crippen LogP contribution in [0.2, 0.25) is 0 Å². The van der Waals surface area contributed by atoms with Gasteiger partial charge in [-0.25, -0.2) is 17.2 Å². The van der Waals surface area contributed by atoms with Gasteiger partial charge in [-0.05, 0) is 61.9 Å². The van der Waals surface area contributed by atoms with Crippen molar-refractivity contribution in [2.24, 2.45) is 0 Å². The number of amides is 2. The maximum absolute atomic E-state index is 13.9. The van der Waals surface area contributed by atoms with E-state index in [1.54, 1.807) is 30.3 Å². The molecule has 0 bridgehead atoms. The van der Waals surface area contributed by atoms with Gasteiger partial charge in [-0.15, -0.1) is 0 Å². The molecule has 0 aromatic heterocycles. The molecule has 2 aromatic carbocycles. The van der Waals surface area contributed by atoms with Gasteiger partial charge in [0.05, 0.1) is 23.1 Å². The Bertz CT molecular complexity index is 1230. The van der Waals surface area contributed by atoms with Crippen molar-refractivity contribution in [3.05, 3.63) is 71.3 Å². The van der Waals surface area contributed by atoms with Crippen LogP contribution in [-0.4, -0.2) is 67.1 Å². The summed E-state index contributed by atoms with van der Waals surface area (Å²) in [6.07, 6.45) is 2.79. The van der Waals surface area contributed by atoms with E-state index in [0.29, 0.717) is 25.7 Å². The Morgan fingerprint density at radius 3 is 2.15 bits per heavy atom. The van der Waals surface area contributed by atoms with Crippen molar-refractivity contribution >= 4 is 21.7 Å². The Labute approximate surface area is 241 Å². The standard InChI is InChI=1S/C30H41F2N3O5S/c1-3-8-25(9-4-2)41(39,40)19-27(35-29(37)21-10-6-5-7-11-21)30(38)34-26(28(36)18-33-24-12-13-24)16-20-14-22(31)17-23(32)15-20/h5-7,10-11,14-15,17,24-28,33,36H,3-4,8-9,12-13,16,18-19H2,1-2H3,(H,34,38)(H,35,37)/t26-,27?,28+/m0/s1. The number of nitrogens with one attached hydrogen (secondary N) is 3. The number of halogens is 2. The van der Waals surface area contributed by atoms with Crippen LogP contribution < -0.4 is 16.0 Å². The molecule has 3 atom stereocenters. The molecule has 1 aliphatic rings. The summed E-state index contributed by atoms with van der Waals surface area (Å²) in [5, 5.41) is 18.7. The minimum Gasteiger partial charge on any atom is -0.390 e. The predicted molar refractivity (Wildman–Crippen MR) is 154 cm³/mol. The van der Waals surface area contributed by atoms with Gasteiger partial charge in [-0.3, -0.25) is 9.59 Å². The number of aliphatic hydroxyl groups excluding tert-OH is 1. The minimum atomic E-state index is -3.81. The van der Waals surface area contributed by atoms with Gasteiger partial charge in [0.15, 0.2) is 9.84 Å². The lowest BCUT2D eigenvalue weighted by molar-refractivity contribution is -0.124. The highest BCUT2D eigenvalue weighted by Gasteiger charge is 2.34. The lowest BCUT2D eigenvalue weighted by Gasteiger charge is -2.28. The van der Waals surface area contributed by atoms with Crippen LogP contribution in [0.5, 0.6) is 0 Å². The van der Waals surface area contributed by atoms with E-state index in [1.165, 1.54) is 0 Å². The summed E-state index contributed by atoms with van der Waals surface area (Å²) < 4.78 is 54.7.